The topological polar surface area (TPSA) is 135 Å². The lowest BCUT2D eigenvalue weighted by atomic mass is 10.4. The number of oxime groups is 1. The van der Waals surface area contributed by atoms with Gasteiger partial charge in [0.15, 0.2) is 11.0 Å². The lowest BCUT2D eigenvalue weighted by molar-refractivity contribution is 0.318. The molecule has 9 nitrogen and oxygen atoms in total. The van der Waals surface area contributed by atoms with Gasteiger partial charge in [-0.3, -0.25) is 4.57 Å². The Morgan fingerprint density at radius 2 is 2.25 bits per heavy atom. The van der Waals surface area contributed by atoms with Crippen molar-refractivity contribution in [3.63, 3.8) is 0 Å². The van der Waals surface area contributed by atoms with Crippen LogP contribution in [0.3, 0.4) is 0 Å². The van der Waals surface area contributed by atoms with E-state index in [9.17, 15) is 4.79 Å². The van der Waals surface area contributed by atoms with Crippen LogP contribution in [0.15, 0.2) is 32.5 Å². The second kappa shape index (κ2) is 4.96. The van der Waals surface area contributed by atoms with Crippen LogP contribution in [0.5, 0.6) is 0 Å². The van der Waals surface area contributed by atoms with E-state index in [1.807, 2.05) is 0 Å². The maximum absolute atomic E-state index is 11.7. The van der Waals surface area contributed by atoms with Crippen molar-refractivity contribution in [3.05, 3.63) is 28.6 Å². The largest absolute Gasteiger partial charge is 0.409 e. The maximum Gasteiger partial charge on any atom is 0.344 e. The zero-order valence-electron chi connectivity index (χ0n) is 10.2. The van der Waals surface area contributed by atoms with Crippen molar-refractivity contribution >= 4 is 17.6 Å². The molecule has 1 aliphatic carbocycles. The lowest BCUT2D eigenvalue weighted by Gasteiger charge is -2.05. The summed E-state index contributed by atoms with van der Waals surface area (Å²) >= 11 is 1.15. The molecule has 0 bridgehead atoms. The summed E-state index contributed by atoms with van der Waals surface area (Å²) in [5.74, 6) is -0.142. The monoisotopic (exact) mass is 293 g/mol. The lowest BCUT2D eigenvalue weighted by Crippen LogP contribution is -2.18. The summed E-state index contributed by atoms with van der Waals surface area (Å²) < 4.78 is 1.59. The molecule has 0 saturated heterocycles. The summed E-state index contributed by atoms with van der Waals surface area (Å²) in [7, 11) is 0. The summed E-state index contributed by atoms with van der Waals surface area (Å²) in [6.45, 7) is 0. The first-order chi connectivity index (χ1) is 9.70. The quantitative estimate of drug-likeness (QED) is 0.311. The van der Waals surface area contributed by atoms with Crippen LogP contribution in [0.4, 0.5) is 0 Å². The highest BCUT2D eigenvalue weighted by Crippen LogP contribution is 2.37. The smallest absolute Gasteiger partial charge is 0.344 e. The molecule has 104 valence electrons. The number of hydrogen-bond acceptors (Lipinski definition) is 7. The molecule has 20 heavy (non-hydrogen) atoms. The first kappa shape index (κ1) is 12.7. The van der Waals surface area contributed by atoms with Crippen molar-refractivity contribution in [3.8, 4) is 0 Å². The van der Waals surface area contributed by atoms with E-state index >= 15 is 0 Å². The van der Waals surface area contributed by atoms with Crippen molar-refractivity contribution in [2.75, 3.05) is 0 Å². The Labute approximate surface area is 116 Å². The number of H-pyrrole nitrogens is 1. The van der Waals surface area contributed by atoms with E-state index in [0.29, 0.717) is 10.2 Å². The van der Waals surface area contributed by atoms with Gasteiger partial charge >= 0.3 is 5.69 Å². The van der Waals surface area contributed by atoms with Gasteiger partial charge in [-0.1, -0.05) is 5.16 Å². The second-order valence-corrected chi connectivity index (χ2v) is 5.17. The normalized spacial score (nSPS) is 15.5. The summed E-state index contributed by atoms with van der Waals surface area (Å²) in [5.41, 5.74) is 5.55. The third kappa shape index (κ3) is 2.25. The van der Waals surface area contributed by atoms with Gasteiger partial charge in [-0.25, -0.2) is 19.9 Å². The molecule has 1 fully saturated rings. The number of aromatic nitrogens is 5. The Morgan fingerprint density at radius 1 is 1.50 bits per heavy atom. The van der Waals surface area contributed by atoms with Crippen LogP contribution in [0.2, 0.25) is 0 Å². The van der Waals surface area contributed by atoms with E-state index in [-0.39, 0.29) is 23.3 Å². The van der Waals surface area contributed by atoms with Gasteiger partial charge in [-0.2, -0.15) is 0 Å². The highest BCUT2D eigenvalue weighted by molar-refractivity contribution is 7.99. The molecule has 0 amide bonds. The molecule has 2 heterocycles. The van der Waals surface area contributed by atoms with E-state index < -0.39 is 0 Å². The van der Waals surface area contributed by atoms with Gasteiger partial charge in [0.25, 0.3) is 0 Å². The van der Waals surface area contributed by atoms with Crippen LogP contribution in [0.1, 0.15) is 24.6 Å². The summed E-state index contributed by atoms with van der Waals surface area (Å²) in [6.07, 6.45) is 4.85. The maximum atomic E-state index is 11.7. The van der Waals surface area contributed by atoms with E-state index in [4.69, 9.17) is 10.9 Å². The van der Waals surface area contributed by atoms with Crippen molar-refractivity contribution in [2.24, 2.45) is 10.9 Å². The molecule has 0 radical (unpaired) electrons. The number of nitrogens with zero attached hydrogens (tertiary/aromatic N) is 5. The standard InChI is InChI=1S/C10H11N7O2S/c11-7(16-19)6-8(13-4-3-12-6)20-10-15-14-9(18)17(10)5-1-2-5/h3-5,19H,1-2H2,(H2,11,16)(H,14,18). The SMILES string of the molecule is NC(=NO)c1nccnc1Sc1n[nH]c(=O)n1C1CC1. The molecular weight excluding hydrogens is 282 g/mol. The van der Waals surface area contributed by atoms with Crippen molar-refractivity contribution in [1.29, 1.82) is 0 Å². The van der Waals surface area contributed by atoms with Crippen LogP contribution in [0, 0.1) is 0 Å². The first-order valence-corrected chi connectivity index (χ1v) is 6.66. The van der Waals surface area contributed by atoms with Gasteiger partial charge < -0.3 is 10.9 Å². The molecule has 10 heteroatoms. The molecule has 2 aromatic rings. The minimum Gasteiger partial charge on any atom is -0.409 e. The van der Waals surface area contributed by atoms with Crippen LogP contribution in [-0.2, 0) is 0 Å². The second-order valence-electron chi connectivity index (χ2n) is 4.21. The number of nitrogens with two attached hydrogens (primary N) is 1. The third-order valence-corrected chi connectivity index (χ3v) is 3.75. The summed E-state index contributed by atoms with van der Waals surface area (Å²) in [5, 5.41) is 19.0. The molecule has 1 saturated carbocycles. The molecular formula is C10H11N7O2S. The van der Waals surface area contributed by atoms with E-state index in [1.54, 1.807) is 4.57 Å². The molecule has 1 aliphatic rings. The molecule has 4 N–H and O–H groups in total. The average molecular weight is 293 g/mol. The first-order valence-electron chi connectivity index (χ1n) is 5.84. The van der Waals surface area contributed by atoms with Crippen LogP contribution in [-0.4, -0.2) is 35.8 Å². The average Bonchev–Trinajstić information content (AvgIpc) is 3.23. The Balaban J connectivity index is 1.98. The fourth-order valence-corrected chi connectivity index (χ4v) is 2.69. The highest BCUT2D eigenvalue weighted by Gasteiger charge is 2.29. The molecule has 0 atom stereocenters. The highest BCUT2D eigenvalue weighted by atomic mass is 32.2. The van der Waals surface area contributed by atoms with Gasteiger partial charge in [0.1, 0.15) is 10.7 Å². The predicted molar refractivity (Wildman–Crippen MR) is 69.8 cm³/mol. The minimum atomic E-state index is -0.246. The third-order valence-electron chi connectivity index (χ3n) is 2.79. The Morgan fingerprint density at radius 3 is 2.95 bits per heavy atom. The molecule has 0 aliphatic heterocycles. The van der Waals surface area contributed by atoms with Crippen molar-refractivity contribution < 1.29 is 5.21 Å². The van der Waals surface area contributed by atoms with E-state index in [2.05, 4.69) is 25.3 Å². The summed E-state index contributed by atoms with van der Waals surface area (Å²) in [6, 6.07) is 0.188. The molecule has 3 rings (SSSR count). The number of aromatic amines is 1. The van der Waals surface area contributed by atoms with E-state index in [0.717, 1.165) is 24.6 Å². The molecule has 2 aromatic heterocycles. The van der Waals surface area contributed by atoms with Crippen molar-refractivity contribution in [2.45, 2.75) is 29.1 Å². The van der Waals surface area contributed by atoms with Crippen LogP contribution >= 0.6 is 11.8 Å². The Bertz CT molecular complexity index is 718. The predicted octanol–water partition coefficient (Wildman–Crippen LogP) is -0.0580. The van der Waals surface area contributed by atoms with Gasteiger partial charge in [0, 0.05) is 18.4 Å². The number of nitrogens with one attached hydrogen (secondary N) is 1. The van der Waals surface area contributed by atoms with Gasteiger partial charge in [-0.05, 0) is 24.6 Å². The van der Waals surface area contributed by atoms with E-state index in [1.165, 1.54) is 12.4 Å². The fourth-order valence-electron chi connectivity index (χ4n) is 1.73. The van der Waals surface area contributed by atoms with Crippen LogP contribution < -0.4 is 11.4 Å². The van der Waals surface area contributed by atoms with Gasteiger partial charge in [0.05, 0.1) is 0 Å². The minimum absolute atomic E-state index is 0.142. The van der Waals surface area contributed by atoms with Crippen molar-refractivity contribution in [1.82, 2.24) is 24.7 Å². The van der Waals surface area contributed by atoms with Gasteiger partial charge in [-0.15, -0.1) is 5.10 Å². The zero-order chi connectivity index (χ0) is 14.1. The van der Waals surface area contributed by atoms with Gasteiger partial charge in [0.2, 0.25) is 0 Å². The van der Waals surface area contributed by atoms with Crippen LogP contribution in [0.25, 0.3) is 0 Å². The number of amidine groups is 1. The summed E-state index contributed by atoms with van der Waals surface area (Å²) in [4.78, 5) is 19.8. The zero-order valence-corrected chi connectivity index (χ0v) is 11.0. The number of rotatable bonds is 4. The molecule has 0 spiro atoms. The Hall–Kier alpha value is -2.36. The fraction of sp³-hybridized carbons (Fsp3) is 0.300. The Kier molecular flexibility index (Phi) is 3.14. The molecule has 0 aromatic carbocycles. The number of hydrogen-bond donors (Lipinski definition) is 3. The molecule has 0 unspecified atom stereocenters.